The molecule has 0 spiro atoms. The van der Waals surface area contributed by atoms with Crippen molar-refractivity contribution < 1.29 is 18.0 Å². The summed E-state index contributed by atoms with van der Waals surface area (Å²) in [7, 11) is 0. The molecule has 5 aromatic rings. The van der Waals surface area contributed by atoms with E-state index in [2.05, 4.69) is 20.5 Å². The zero-order chi connectivity index (χ0) is 27.4. The highest BCUT2D eigenvalue weighted by atomic mass is 32.2. The van der Waals surface area contributed by atoms with E-state index in [0.29, 0.717) is 21.7 Å². The highest BCUT2D eigenvalue weighted by molar-refractivity contribution is 7.99. The molecule has 6 nitrogen and oxygen atoms in total. The van der Waals surface area contributed by atoms with E-state index in [9.17, 15) is 18.0 Å². The first-order chi connectivity index (χ1) is 18.8. The van der Waals surface area contributed by atoms with Crippen LogP contribution in [0, 0.1) is 6.92 Å². The number of hydrogen-bond acceptors (Lipinski definition) is 6. The monoisotopic (exact) mass is 565 g/mol. The molecule has 39 heavy (non-hydrogen) atoms. The summed E-state index contributed by atoms with van der Waals surface area (Å²) in [6.45, 7) is 2.01. The smallest absolute Gasteiger partial charge is 0.301 e. The second kappa shape index (κ2) is 11.4. The van der Waals surface area contributed by atoms with E-state index >= 15 is 0 Å². The number of hydrogen-bond donors (Lipinski definition) is 1. The summed E-state index contributed by atoms with van der Waals surface area (Å²) in [5, 5.41) is 12.5. The average molecular weight is 566 g/mol. The normalized spacial score (nSPS) is 11.5. The molecular formula is C28H22F3N5OS2. The van der Waals surface area contributed by atoms with Crippen molar-refractivity contribution in [3.05, 3.63) is 107 Å². The zero-order valence-electron chi connectivity index (χ0n) is 20.6. The Balaban J connectivity index is 1.27. The fourth-order valence-corrected chi connectivity index (χ4v) is 5.54. The van der Waals surface area contributed by atoms with Crippen LogP contribution in [-0.2, 0) is 17.4 Å². The van der Waals surface area contributed by atoms with E-state index in [-0.39, 0.29) is 18.1 Å². The first kappa shape index (κ1) is 26.6. The molecule has 2 aromatic heterocycles. The van der Waals surface area contributed by atoms with Crippen molar-refractivity contribution in [2.24, 2.45) is 0 Å². The summed E-state index contributed by atoms with van der Waals surface area (Å²) in [4.78, 5) is 17.7. The minimum Gasteiger partial charge on any atom is -0.301 e. The molecule has 0 unspecified atom stereocenters. The molecule has 0 aliphatic heterocycles. The van der Waals surface area contributed by atoms with Crippen molar-refractivity contribution in [1.82, 2.24) is 19.7 Å². The molecule has 0 atom stereocenters. The number of nitrogens with zero attached hydrogens (tertiary/aromatic N) is 4. The second-order valence-corrected chi connectivity index (χ2v) is 10.7. The number of thiazole rings is 1. The zero-order valence-corrected chi connectivity index (χ0v) is 22.3. The second-order valence-electron chi connectivity index (χ2n) is 8.69. The third kappa shape index (κ3) is 6.55. The molecule has 1 amide bonds. The predicted octanol–water partition coefficient (Wildman–Crippen LogP) is 7.04. The fourth-order valence-electron chi connectivity index (χ4n) is 3.93. The summed E-state index contributed by atoms with van der Waals surface area (Å²) < 4.78 is 40.9. The molecular weight excluding hydrogens is 543 g/mol. The van der Waals surface area contributed by atoms with Gasteiger partial charge >= 0.3 is 6.18 Å². The standard InChI is InChI=1S/C28H22F3N5OS2/c1-18-7-5-12-22(13-18)36-25(20-9-3-2-4-10-20)34-35-27(36)38-17-24(37)33-26-32-16-23(39-26)15-19-8-6-11-21(14-19)28(29,30)31/h2-14,16H,15,17H2,1H3,(H,32,33,37). The number of anilines is 1. The Kier molecular flexibility index (Phi) is 7.80. The van der Waals surface area contributed by atoms with Gasteiger partial charge in [-0.2, -0.15) is 13.2 Å². The van der Waals surface area contributed by atoms with Gasteiger partial charge in [0.15, 0.2) is 16.1 Å². The summed E-state index contributed by atoms with van der Waals surface area (Å²) in [5.41, 5.74) is 2.70. The first-order valence-corrected chi connectivity index (χ1v) is 13.7. The average Bonchev–Trinajstić information content (AvgIpc) is 3.54. The van der Waals surface area contributed by atoms with Gasteiger partial charge in [-0.1, -0.05) is 72.4 Å². The maximum Gasteiger partial charge on any atom is 0.416 e. The van der Waals surface area contributed by atoms with Crippen LogP contribution in [0.1, 0.15) is 21.6 Å². The topological polar surface area (TPSA) is 72.7 Å². The number of aromatic nitrogens is 4. The van der Waals surface area contributed by atoms with E-state index in [4.69, 9.17) is 0 Å². The Labute approximate surface area is 231 Å². The van der Waals surface area contributed by atoms with Crippen LogP contribution in [0.25, 0.3) is 17.1 Å². The number of alkyl halides is 3. The van der Waals surface area contributed by atoms with Crippen molar-refractivity contribution in [2.45, 2.75) is 24.7 Å². The van der Waals surface area contributed by atoms with Gasteiger partial charge in [0.25, 0.3) is 0 Å². The van der Waals surface area contributed by atoms with E-state index in [0.717, 1.165) is 33.8 Å². The summed E-state index contributed by atoms with van der Waals surface area (Å²) >= 11 is 2.48. The molecule has 1 N–H and O–H groups in total. The number of rotatable bonds is 8. The van der Waals surface area contributed by atoms with Crippen molar-refractivity contribution in [3.8, 4) is 17.1 Å². The maximum absolute atomic E-state index is 13.0. The summed E-state index contributed by atoms with van der Waals surface area (Å²) in [6.07, 6.45) is -2.55. The SMILES string of the molecule is Cc1cccc(-n2c(SCC(=O)Nc3ncc(Cc4cccc(C(F)(F)F)c4)s3)nnc2-c2ccccc2)c1. The lowest BCUT2D eigenvalue weighted by Crippen LogP contribution is -2.14. The summed E-state index contributed by atoms with van der Waals surface area (Å²) in [5.74, 6) is 0.463. The maximum atomic E-state index is 13.0. The lowest BCUT2D eigenvalue weighted by Gasteiger charge is -2.11. The van der Waals surface area contributed by atoms with Crippen LogP contribution in [0.5, 0.6) is 0 Å². The van der Waals surface area contributed by atoms with E-state index in [1.54, 1.807) is 12.3 Å². The Hall–Kier alpha value is -3.96. The predicted molar refractivity (Wildman–Crippen MR) is 147 cm³/mol. The van der Waals surface area contributed by atoms with Gasteiger partial charge in [0, 0.05) is 28.7 Å². The first-order valence-electron chi connectivity index (χ1n) is 11.9. The highest BCUT2D eigenvalue weighted by Gasteiger charge is 2.30. The minimum atomic E-state index is -4.40. The minimum absolute atomic E-state index is 0.0707. The fraction of sp³-hybridized carbons (Fsp3) is 0.143. The Morgan fingerprint density at radius 2 is 1.79 bits per heavy atom. The number of nitrogens with one attached hydrogen (secondary N) is 1. The molecule has 3 aromatic carbocycles. The van der Waals surface area contributed by atoms with Gasteiger partial charge in [0.1, 0.15) is 0 Å². The molecule has 198 valence electrons. The van der Waals surface area contributed by atoms with Crippen LogP contribution in [0.2, 0.25) is 0 Å². The molecule has 0 radical (unpaired) electrons. The molecule has 0 fully saturated rings. The van der Waals surface area contributed by atoms with Crippen molar-refractivity contribution in [3.63, 3.8) is 0 Å². The number of aryl methyl sites for hydroxylation is 1. The van der Waals surface area contributed by atoms with E-state index in [1.165, 1.54) is 29.2 Å². The van der Waals surface area contributed by atoms with Crippen LogP contribution in [0.4, 0.5) is 18.3 Å². The van der Waals surface area contributed by atoms with Gasteiger partial charge in [-0.15, -0.1) is 21.5 Å². The molecule has 2 heterocycles. The molecule has 5 rings (SSSR count). The van der Waals surface area contributed by atoms with Crippen LogP contribution in [0.3, 0.4) is 0 Å². The molecule has 0 bridgehead atoms. The van der Waals surface area contributed by atoms with Crippen LogP contribution in [-0.4, -0.2) is 31.4 Å². The molecule has 0 saturated carbocycles. The third-order valence-electron chi connectivity index (χ3n) is 5.69. The number of benzene rings is 3. The Bertz CT molecular complexity index is 1600. The van der Waals surface area contributed by atoms with Crippen LogP contribution < -0.4 is 5.32 Å². The quantitative estimate of drug-likeness (QED) is 0.204. The third-order valence-corrected chi connectivity index (χ3v) is 7.53. The van der Waals surface area contributed by atoms with Gasteiger partial charge in [-0.25, -0.2) is 4.98 Å². The Morgan fingerprint density at radius 3 is 2.56 bits per heavy atom. The van der Waals surface area contributed by atoms with Crippen molar-refractivity contribution >= 4 is 34.1 Å². The largest absolute Gasteiger partial charge is 0.416 e. The van der Waals surface area contributed by atoms with Crippen molar-refractivity contribution in [1.29, 1.82) is 0 Å². The number of thioether (sulfide) groups is 1. The lowest BCUT2D eigenvalue weighted by molar-refractivity contribution is -0.137. The Morgan fingerprint density at radius 1 is 1.00 bits per heavy atom. The molecule has 0 saturated heterocycles. The number of carbonyl (C=O) groups excluding carboxylic acids is 1. The molecule has 0 aliphatic carbocycles. The molecule has 0 aliphatic rings. The highest BCUT2D eigenvalue weighted by Crippen LogP contribution is 2.31. The molecule has 11 heteroatoms. The van der Waals surface area contributed by atoms with Crippen molar-refractivity contribution in [2.75, 3.05) is 11.1 Å². The van der Waals surface area contributed by atoms with Crippen LogP contribution >= 0.6 is 23.1 Å². The van der Waals surface area contributed by atoms with Crippen LogP contribution in [0.15, 0.2) is 90.2 Å². The summed E-state index contributed by atoms with van der Waals surface area (Å²) in [6, 6.07) is 22.9. The number of carbonyl (C=O) groups is 1. The van der Waals surface area contributed by atoms with Gasteiger partial charge in [-0.05, 0) is 36.2 Å². The van der Waals surface area contributed by atoms with Gasteiger partial charge in [-0.3, -0.25) is 9.36 Å². The van der Waals surface area contributed by atoms with E-state index in [1.807, 2.05) is 66.1 Å². The van der Waals surface area contributed by atoms with Gasteiger partial charge < -0.3 is 5.32 Å². The van der Waals surface area contributed by atoms with Gasteiger partial charge in [0.05, 0.1) is 11.3 Å². The number of halogens is 3. The lowest BCUT2D eigenvalue weighted by atomic mass is 10.1. The number of amides is 1. The van der Waals surface area contributed by atoms with Gasteiger partial charge in [0.2, 0.25) is 5.91 Å². The van der Waals surface area contributed by atoms with E-state index < -0.39 is 11.7 Å².